The van der Waals surface area contributed by atoms with Crippen LogP contribution in [0.25, 0.3) is 0 Å². The fraction of sp³-hybridized carbons (Fsp3) is 1.00. The van der Waals surface area contributed by atoms with Crippen LogP contribution in [0.15, 0.2) is 0 Å². The van der Waals surface area contributed by atoms with E-state index in [0.717, 1.165) is 0 Å². The molecule has 0 aromatic heterocycles. The Morgan fingerprint density at radius 1 is 0.471 bits per heavy atom. The van der Waals surface area contributed by atoms with Crippen LogP contribution in [0.5, 0.6) is 0 Å². The number of hydrogen-bond donors (Lipinski definition) is 0. The molecule has 0 heterocycles. The predicted molar refractivity (Wildman–Crippen MR) is 59.9 cm³/mol. The van der Waals surface area contributed by atoms with E-state index in [1.54, 1.807) is 34.6 Å². The molecule has 0 aliphatic heterocycles. The predicted octanol–water partition coefficient (Wildman–Crippen LogP) is -3.82. The van der Waals surface area contributed by atoms with E-state index < -0.39 is 0 Å². The smallest absolute Gasteiger partial charge is 5.00 e. The molecule has 5 nitrogen and oxygen atoms in total. The summed E-state index contributed by atoms with van der Waals surface area (Å²) < 4.78 is 0. The minimum atomic E-state index is 0. The number of hydrogen-bond acceptors (Lipinski definition) is 5. The van der Waals surface area contributed by atoms with E-state index in [0.29, 0.717) is 0 Å². The maximum atomic E-state index is 8.93. The molecule has 0 aromatic carbocycles. The van der Waals surface area contributed by atoms with Gasteiger partial charge in [-0.1, -0.05) is 34.6 Å². The maximum absolute atomic E-state index is 8.93. The van der Waals surface area contributed by atoms with Gasteiger partial charge >= 0.3 is 41.2 Å². The van der Waals surface area contributed by atoms with Crippen molar-refractivity contribution in [1.82, 2.24) is 0 Å². The van der Waals surface area contributed by atoms with E-state index >= 15 is 0 Å². The molecule has 0 spiro atoms. The number of rotatable bonds is 0. The van der Waals surface area contributed by atoms with Crippen LogP contribution in [0.2, 0.25) is 0 Å². The van der Waals surface area contributed by atoms with Crippen molar-refractivity contribution in [2.75, 3.05) is 33.0 Å². The Balaban J connectivity index is -0.0000000143. The Kier molecular flexibility index (Phi) is 299. The molecule has 0 saturated heterocycles. The molecule has 0 radical (unpaired) electrons. The summed E-state index contributed by atoms with van der Waals surface area (Å²) in [4.78, 5) is 0. The van der Waals surface area contributed by atoms with E-state index in [4.69, 9.17) is 25.5 Å². The Morgan fingerprint density at radius 2 is 0.471 bits per heavy atom. The quantitative estimate of drug-likeness (QED) is 0.423. The van der Waals surface area contributed by atoms with Crippen LogP contribution >= 0.6 is 0 Å². The largest absolute Gasteiger partial charge is 5.00 e. The third-order valence-electron chi connectivity index (χ3n) is 0. The first-order valence-electron chi connectivity index (χ1n) is 4.98. The molecule has 17 heavy (non-hydrogen) atoms. The standard InChI is InChI=1S/5C2H5O.Li.Nb.H/c5*1-2-3;;;/h5*2H2,1H3;;;/q5*-1;;+5;. The summed E-state index contributed by atoms with van der Waals surface area (Å²) in [5, 5.41) is 44.7. The van der Waals surface area contributed by atoms with Gasteiger partial charge in [0.25, 0.3) is 0 Å². The minimum absolute atomic E-state index is 0. The molecule has 0 rings (SSSR count). The van der Waals surface area contributed by atoms with E-state index in [9.17, 15) is 0 Å². The van der Waals surface area contributed by atoms with Crippen LogP contribution in [0.3, 0.4) is 0 Å². The minimum Gasteiger partial charge on any atom is 5.00 e. The third kappa shape index (κ3) is 3030. The van der Waals surface area contributed by atoms with Gasteiger partial charge < -0.3 is 25.5 Å². The van der Waals surface area contributed by atoms with Crippen molar-refractivity contribution in [3.05, 3.63) is 0 Å². The maximum Gasteiger partial charge on any atom is 5.00 e. The van der Waals surface area contributed by atoms with Crippen molar-refractivity contribution in [3.8, 4) is 0 Å². The van der Waals surface area contributed by atoms with Crippen LogP contribution < -0.4 is 25.5 Å². The van der Waals surface area contributed by atoms with Gasteiger partial charge in [-0.25, -0.2) is 0 Å². The molecule has 0 unspecified atom stereocenters. The van der Waals surface area contributed by atoms with Crippen molar-refractivity contribution in [3.63, 3.8) is 0 Å². The molecule has 0 amide bonds. The van der Waals surface area contributed by atoms with Crippen LogP contribution in [-0.4, -0.2) is 51.9 Å². The topological polar surface area (TPSA) is 115 Å². The molecular weight excluding hydrogens is 300 g/mol. The molecule has 0 aliphatic carbocycles. The van der Waals surface area contributed by atoms with E-state index in [-0.39, 0.29) is 74.3 Å². The van der Waals surface area contributed by atoms with Crippen LogP contribution in [0.1, 0.15) is 34.6 Å². The summed E-state index contributed by atoms with van der Waals surface area (Å²) in [5.41, 5.74) is 0. The Hall–Kier alpha value is 1.14. The average Bonchev–Trinajstić information content (AvgIpc) is 2.09. The van der Waals surface area contributed by atoms with E-state index in [2.05, 4.69) is 0 Å². The molecule has 0 aromatic rings. The zero-order chi connectivity index (χ0) is 13.5. The van der Waals surface area contributed by atoms with Crippen LogP contribution in [-0.2, 0) is 22.4 Å². The zero-order valence-corrected chi connectivity index (χ0v) is 13.2. The van der Waals surface area contributed by atoms with Gasteiger partial charge in [0.15, 0.2) is 0 Å². The molecule has 0 N–H and O–H groups in total. The Morgan fingerprint density at radius 3 is 0.471 bits per heavy atom. The second-order valence-electron chi connectivity index (χ2n) is 1.44. The fourth-order valence-corrected chi connectivity index (χ4v) is 0. The van der Waals surface area contributed by atoms with Gasteiger partial charge in [0, 0.05) is 0 Å². The zero-order valence-electron chi connectivity index (χ0n) is 11.0. The van der Waals surface area contributed by atoms with E-state index in [1.807, 2.05) is 0 Å². The van der Waals surface area contributed by atoms with Gasteiger partial charge in [0.05, 0.1) is 0 Å². The van der Waals surface area contributed by atoms with Gasteiger partial charge in [0.2, 0.25) is 0 Å². The van der Waals surface area contributed by atoms with Gasteiger partial charge in [-0.15, -0.1) is 33.0 Å². The first kappa shape index (κ1) is 42.9. The SMILES string of the molecule is CC[O-].CC[O-].CC[O-].CC[O-].CC[O-].[LiH].[Nb+5]. The van der Waals surface area contributed by atoms with Gasteiger partial charge in [-0.05, 0) is 0 Å². The van der Waals surface area contributed by atoms with Crippen molar-refractivity contribution in [2.24, 2.45) is 0 Å². The molecule has 0 bridgehead atoms. The first-order valence-corrected chi connectivity index (χ1v) is 4.98. The fourth-order valence-electron chi connectivity index (χ4n) is 0. The van der Waals surface area contributed by atoms with Crippen molar-refractivity contribution < 1.29 is 47.9 Å². The third-order valence-corrected chi connectivity index (χ3v) is 0. The van der Waals surface area contributed by atoms with Crippen molar-refractivity contribution in [1.29, 1.82) is 0 Å². The van der Waals surface area contributed by atoms with Gasteiger partial charge in [-0.2, -0.15) is 0 Å². The molecule has 0 fully saturated rings. The van der Waals surface area contributed by atoms with Gasteiger partial charge in [0.1, 0.15) is 0 Å². The summed E-state index contributed by atoms with van der Waals surface area (Å²) in [6.07, 6.45) is 0. The molecule has 0 aliphatic rings. The molecular formula is C10H26LiNbO5. The van der Waals surface area contributed by atoms with Gasteiger partial charge in [-0.3, -0.25) is 0 Å². The summed E-state index contributed by atoms with van der Waals surface area (Å²) in [7, 11) is 0. The summed E-state index contributed by atoms with van der Waals surface area (Å²) in [6, 6.07) is 0. The van der Waals surface area contributed by atoms with Crippen molar-refractivity contribution >= 4 is 18.9 Å². The van der Waals surface area contributed by atoms with E-state index in [1.165, 1.54) is 0 Å². The normalized spacial score (nSPS) is 5.29. The van der Waals surface area contributed by atoms with Crippen LogP contribution in [0.4, 0.5) is 0 Å². The molecule has 7 heteroatoms. The summed E-state index contributed by atoms with van der Waals surface area (Å²) in [5.74, 6) is 0. The summed E-state index contributed by atoms with van der Waals surface area (Å²) >= 11 is 0. The Labute approximate surface area is 134 Å². The monoisotopic (exact) mass is 326 g/mol. The first-order chi connectivity index (χ1) is 7.07. The van der Waals surface area contributed by atoms with Crippen molar-refractivity contribution in [2.45, 2.75) is 34.6 Å². The second kappa shape index (κ2) is 118. The molecule has 102 valence electrons. The Bertz CT molecular complexity index is 36.3. The van der Waals surface area contributed by atoms with Crippen LogP contribution in [0, 0.1) is 0 Å². The second-order valence-corrected chi connectivity index (χ2v) is 1.44. The molecule has 0 saturated carbocycles. The molecule has 0 atom stereocenters. The average molecular weight is 326 g/mol. The summed E-state index contributed by atoms with van der Waals surface area (Å²) in [6.45, 7) is 7.85.